The van der Waals surface area contributed by atoms with E-state index in [2.05, 4.69) is 30.5 Å². The van der Waals surface area contributed by atoms with Crippen molar-refractivity contribution in [1.82, 2.24) is 25.3 Å². The molecule has 0 bridgehead atoms. The zero-order chi connectivity index (χ0) is 21.5. The first-order valence-electron chi connectivity index (χ1n) is 10.4. The molecule has 9 heteroatoms. The Morgan fingerprint density at radius 1 is 1.06 bits per heavy atom. The molecule has 0 amide bonds. The van der Waals surface area contributed by atoms with E-state index in [9.17, 15) is 0 Å². The molecule has 5 heterocycles. The molecule has 3 aromatic heterocycles. The van der Waals surface area contributed by atoms with Crippen LogP contribution in [0.15, 0.2) is 61.1 Å². The van der Waals surface area contributed by atoms with Crippen LogP contribution in [0.5, 0.6) is 11.5 Å². The van der Waals surface area contributed by atoms with Crippen LogP contribution in [0.25, 0.3) is 11.0 Å². The van der Waals surface area contributed by atoms with Crippen molar-refractivity contribution in [2.45, 2.75) is 12.0 Å². The number of anilines is 3. The highest BCUT2D eigenvalue weighted by atomic mass is 35.5. The number of pyridine rings is 2. The van der Waals surface area contributed by atoms with Gasteiger partial charge in [-0.25, -0.2) is 19.9 Å². The van der Waals surface area contributed by atoms with E-state index >= 15 is 0 Å². The molecule has 2 fully saturated rings. The quantitative estimate of drug-likeness (QED) is 0.473. The first-order chi connectivity index (χ1) is 15.7. The van der Waals surface area contributed by atoms with Crippen LogP contribution in [0.1, 0.15) is 6.42 Å². The molecule has 8 nitrogen and oxygen atoms in total. The Morgan fingerprint density at radius 3 is 2.66 bits per heavy atom. The van der Waals surface area contributed by atoms with Crippen LogP contribution in [-0.4, -0.2) is 45.1 Å². The van der Waals surface area contributed by atoms with Crippen LogP contribution in [0, 0.1) is 0 Å². The standard InChI is InChI=1S/C23H20ClN7O/c24-16-10-19(25-11-18(16)32-15-4-2-1-3-5-15)29-22-21-17(26-14-27-22)6-7-20(30-21)31-12-23(13-31)8-9-28-23/h1-7,10-11,14,28H,8-9,12-13H2,(H,25,26,27,29). The number of aromatic nitrogens is 4. The third-order valence-corrected chi connectivity index (χ3v) is 6.21. The van der Waals surface area contributed by atoms with Gasteiger partial charge >= 0.3 is 0 Å². The topological polar surface area (TPSA) is 88.1 Å². The Balaban J connectivity index is 1.24. The van der Waals surface area contributed by atoms with Crippen LogP contribution in [0.2, 0.25) is 5.02 Å². The number of halogens is 1. The Morgan fingerprint density at radius 2 is 1.91 bits per heavy atom. The molecule has 1 aromatic carbocycles. The summed E-state index contributed by atoms with van der Waals surface area (Å²) in [5, 5.41) is 7.19. The lowest BCUT2D eigenvalue weighted by Gasteiger charge is -2.56. The summed E-state index contributed by atoms with van der Waals surface area (Å²) in [6, 6.07) is 15.1. The van der Waals surface area contributed by atoms with Crippen molar-refractivity contribution in [3.8, 4) is 11.5 Å². The van der Waals surface area contributed by atoms with Crippen LogP contribution in [0.4, 0.5) is 17.5 Å². The first kappa shape index (κ1) is 19.2. The lowest BCUT2D eigenvalue weighted by molar-refractivity contribution is 0.159. The molecule has 2 aliphatic heterocycles. The molecule has 0 aliphatic carbocycles. The zero-order valence-corrected chi connectivity index (χ0v) is 17.9. The fourth-order valence-corrected chi connectivity index (χ4v) is 4.28. The summed E-state index contributed by atoms with van der Waals surface area (Å²) in [5.41, 5.74) is 1.74. The lowest BCUT2D eigenvalue weighted by atomic mass is 9.80. The average Bonchev–Trinajstić information content (AvgIpc) is 2.75. The van der Waals surface area contributed by atoms with Crippen molar-refractivity contribution in [3.63, 3.8) is 0 Å². The number of nitrogens with zero attached hydrogens (tertiary/aromatic N) is 5. The number of hydrogen-bond acceptors (Lipinski definition) is 8. The minimum Gasteiger partial charge on any atom is -0.454 e. The van der Waals surface area contributed by atoms with E-state index < -0.39 is 0 Å². The molecular weight excluding hydrogens is 426 g/mol. The fraction of sp³-hybridized carbons (Fsp3) is 0.217. The Kier molecular flexibility index (Phi) is 4.55. The van der Waals surface area contributed by atoms with Crippen molar-refractivity contribution < 1.29 is 4.74 Å². The van der Waals surface area contributed by atoms with Gasteiger partial charge in [-0.15, -0.1) is 0 Å². The fourth-order valence-electron chi connectivity index (χ4n) is 4.09. The first-order valence-corrected chi connectivity index (χ1v) is 10.8. The number of rotatable bonds is 5. The van der Waals surface area contributed by atoms with Gasteiger partial charge in [-0.3, -0.25) is 0 Å². The molecule has 1 spiro atoms. The molecule has 2 aliphatic rings. The van der Waals surface area contributed by atoms with Gasteiger partial charge in [0.05, 0.1) is 22.3 Å². The smallest absolute Gasteiger partial charge is 0.164 e. The third-order valence-electron chi connectivity index (χ3n) is 5.92. The van der Waals surface area contributed by atoms with Gasteiger partial charge in [0.15, 0.2) is 11.6 Å². The number of ether oxygens (including phenoxy) is 1. The van der Waals surface area contributed by atoms with Gasteiger partial charge in [-0.05, 0) is 37.2 Å². The summed E-state index contributed by atoms with van der Waals surface area (Å²) < 4.78 is 5.81. The highest BCUT2D eigenvalue weighted by Gasteiger charge is 2.47. The van der Waals surface area contributed by atoms with Gasteiger partial charge < -0.3 is 20.3 Å². The molecule has 2 saturated heterocycles. The minimum atomic E-state index is 0.287. The normalized spacial score (nSPS) is 16.5. The maximum absolute atomic E-state index is 6.44. The van der Waals surface area contributed by atoms with Crippen molar-refractivity contribution in [2.24, 2.45) is 0 Å². The van der Waals surface area contributed by atoms with Crippen LogP contribution in [0.3, 0.4) is 0 Å². The van der Waals surface area contributed by atoms with Gasteiger partial charge in [0.1, 0.15) is 29.2 Å². The van der Waals surface area contributed by atoms with Gasteiger partial charge in [0.2, 0.25) is 0 Å². The van der Waals surface area contributed by atoms with E-state index in [-0.39, 0.29) is 5.54 Å². The van der Waals surface area contributed by atoms with Gasteiger partial charge in [0, 0.05) is 19.2 Å². The molecule has 160 valence electrons. The van der Waals surface area contributed by atoms with Crippen molar-refractivity contribution >= 4 is 40.1 Å². The maximum Gasteiger partial charge on any atom is 0.164 e. The monoisotopic (exact) mass is 445 g/mol. The summed E-state index contributed by atoms with van der Waals surface area (Å²) in [4.78, 5) is 20.3. The predicted molar refractivity (Wildman–Crippen MR) is 124 cm³/mol. The third kappa shape index (κ3) is 3.47. The number of fused-ring (bicyclic) bond motifs is 1. The predicted octanol–water partition coefficient (Wildman–Crippen LogP) is 4.16. The second-order valence-corrected chi connectivity index (χ2v) is 8.52. The summed E-state index contributed by atoms with van der Waals surface area (Å²) in [7, 11) is 0. The number of benzene rings is 1. The number of nitrogens with one attached hydrogen (secondary N) is 2. The second-order valence-electron chi connectivity index (χ2n) is 8.11. The summed E-state index contributed by atoms with van der Waals surface area (Å²) in [5.74, 6) is 3.22. The summed E-state index contributed by atoms with van der Waals surface area (Å²) in [6.07, 6.45) is 4.33. The SMILES string of the molecule is Clc1cc(Nc2ncnc3ccc(N4CC5(CCN5)C4)nc23)ncc1Oc1ccccc1. The molecular formula is C23H20ClN7O. The molecule has 2 N–H and O–H groups in total. The Bertz CT molecular complexity index is 1290. The van der Waals surface area contributed by atoms with Crippen LogP contribution < -0.4 is 20.3 Å². The average molecular weight is 446 g/mol. The van der Waals surface area contributed by atoms with Gasteiger partial charge in [-0.2, -0.15) is 0 Å². The zero-order valence-electron chi connectivity index (χ0n) is 17.1. The molecule has 0 radical (unpaired) electrons. The minimum absolute atomic E-state index is 0.287. The molecule has 0 saturated carbocycles. The van der Waals surface area contributed by atoms with E-state index in [4.69, 9.17) is 21.3 Å². The van der Waals surface area contributed by atoms with E-state index in [0.29, 0.717) is 33.7 Å². The number of para-hydroxylation sites is 1. The molecule has 4 aromatic rings. The highest BCUT2D eigenvalue weighted by molar-refractivity contribution is 6.32. The van der Waals surface area contributed by atoms with E-state index in [1.54, 1.807) is 12.3 Å². The van der Waals surface area contributed by atoms with Crippen molar-refractivity contribution in [2.75, 3.05) is 29.9 Å². The van der Waals surface area contributed by atoms with Gasteiger partial charge in [-0.1, -0.05) is 29.8 Å². The second kappa shape index (κ2) is 7.58. The van der Waals surface area contributed by atoms with Crippen molar-refractivity contribution in [1.29, 1.82) is 0 Å². The number of hydrogen-bond donors (Lipinski definition) is 2. The maximum atomic E-state index is 6.44. The summed E-state index contributed by atoms with van der Waals surface area (Å²) >= 11 is 6.44. The molecule has 6 rings (SSSR count). The van der Waals surface area contributed by atoms with E-state index in [1.807, 2.05) is 42.5 Å². The lowest BCUT2D eigenvalue weighted by Crippen LogP contribution is -2.76. The Hall–Kier alpha value is -3.49. The highest BCUT2D eigenvalue weighted by Crippen LogP contribution is 2.35. The summed E-state index contributed by atoms with van der Waals surface area (Å²) in [6.45, 7) is 3.05. The Labute approximate surface area is 189 Å². The van der Waals surface area contributed by atoms with Crippen molar-refractivity contribution in [3.05, 3.63) is 66.1 Å². The van der Waals surface area contributed by atoms with Gasteiger partial charge in [0.25, 0.3) is 0 Å². The van der Waals surface area contributed by atoms with Crippen LogP contribution >= 0.6 is 11.6 Å². The molecule has 0 atom stereocenters. The molecule has 0 unspecified atom stereocenters. The van der Waals surface area contributed by atoms with E-state index in [1.165, 1.54) is 12.7 Å². The molecule has 32 heavy (non-hydrogen) atoms. The largest absolute Gasteiger partial charge is 0.454 e. The van der Waals surface area contributed by atoms with Crippen LogP contribution in [-0.2, 0) is 0 Å². The van der Waals surface area contributed by atoms with E-state index in [0.717, 1.165) is 31.0 Å².